The molecule has 4 heteroatoms. The minimum absolute atomic E-state index is 0. The lowest BCUT2D eigenvalue weighted by Crippen LogP contribution is -2.18. The molecule has 0 amide bonds. The molecule has 1 rings (SSSR count). The maximum atomic E-state index is 11.6. The van der Waals surface area contributed by atoms with Crippen LogP contribution in [0.3, 0.4) is 0 Å². The molecule has 0 aliphatic heterocycles. The molecule has 80 valence electrons. The summed E-state index contributed by atoms with van der Waals surface area (Å²) in [5.74, 6) is 0.705. The van der Waals surface area contributed by atoms with E-state index in [1.54, 1.807) is 0 Å². The molecule has 14 heavy (non-hydrogen) atoms. The monoisotopic (exact) mass is 233 g/mol. The predicted molar refractivity (Wildman–Crippen MR) is 63.5 cm³/mol. The van der Waals surface area contributed by atoms with E-state index >= 15 is 0 Å². The van der Waals surface area contributed by atoms with Crippen molar-refractivity contribution in [3.63, 3.8) is 0 Å². The minimum Gasteiger partial charge on any atom is -0.308 e. The van der Waals surface area contributed by atoms with Gasteiger partial charge < -0.3 is 4.90 Å². The van der Waals surface area contributed by atoms with E-state index < -0.39 is 10.8 Å². The summed E-state index contributed by atoms with van der Waals surface area (Å²) in [4.78, 5) is 2.96. The first kappa shape index (κ1) is 13.6. The van der Waals surface area contributed by atoms with Crippen LogP contribution in [0.4, 0.5) is 0 Å². The Bertz CT molecular complexity index is 277. The van der Waals surface area contributed by atoms with Crippen LogP contribution in [0.2, 0.25) is 0 Å². The van der Waals surface area contributed by atoms with Crippen molar-refractivity contribution in [2.45, 2.75) is 4.90 Å². The van der Waals surface area contributed by atoms with Crippen LogP contribution >= 0.6 is 12.4 Å². The van der Waals surface area contributed by atoms with Crippen molar-refractivity contribution in [1.29, 1.82) is 0 Å². The van der Waals surface area contributed by atoms with E-state index in [1.807, 2.05) is 49.3 Å². The summed E-state index contributed by atoms with van der Waals surface area (Å²) in [6.45, 7) is 0.863. The van der Waals surface area contributed by atoms with E-state index in [0.29, 0.717) is 5.75 Å². The van der Waals surface area contributed by atoms with Crippen molar-refractivity contribution in [2.75, 3.05) is 26.4 Å². The molecule has 0 aliphatic rings. The van der Waals surface area contributed by atoms with Gasteiger partial charge in [0.05, 0.1) is 10.8 Å². The summed E-state index contributed by atoms with van der Waals surface area (Å²) in [6, 6.07) is 9.59. The zero-order valence-electron chi connectivity index (χ0n) is 8.47. The van der Waals surface area contributed by atoms with Crippen LogP contribution < -0.4 is 0 Å². The second kappa shape index (κ2) is 6.98. The molecule has 1 unspecified atom stereocenters. The molecule has 0 spiro atoms. The van der Waals surface area contributed by atoms with Crippen molar-refractivity contribution in [3.8, 4) is 0 Å². The van der Waals surface area contributed by atoms with Crippen LogP contribution in [-0.2, 0) is 10.8 Å². The van der Waals surface area contributed by atoms with Gasteiger partial charge >= 0.3 is 0 Å². The van der Waals surface area contributed by atoms with Crippen LogP contribution in [0.15, 0.2) is 35.2 Å². The number of hydrogen-bond donors (Lipinski definition) is 0. The van der Waals surface area contributed by atoms with Gasteiger partial charge in [0.2, 0.25) is 0 Å². The first-order chi connectivity index (χ1) is 6.20. The van der Waals surface area contributed by atoms with E-state index in [9.17, 15) is 4.21 Å². The lowest BCUT2D eigenvalue weighted by Gasteiger charge is -2.08. The Hall–Kier alpha value is -0.380. The third-order valence-electron chi connectivity index (χ3n) is 1.73. The molecule has 0 saturated heterocycles. The number of hydrogen-bond acceptors (Lipinski definition) is 2. The van der Waals surface area contributed by atoms with Crippen LogP contribution in [0, 0.1) is 0 Å². The van der Waals surface area contributed by atoms with Crippen molar-refractivity contribution >= 4 is 23.2 Å². The van der Waals surface area contributed by atoms with Crippen molar-refractivity contribution in [3.05, 3.63) is 30.3 Å². The average Bonchev–Trinajstić information content (AvgIpc) is 2.15. The Labute approximate surface area is 94.2 Å². The summed E-state index contributed by atoms with van der Waals surface area (Å²) >= 11 is 0. The predicted octanol–water partition coefficient (Wildman–Crippen LogP) is 1.78. The molecule has 2 nitrogen and oxygen atoms in total. The summed E-state index contributed by atoms with van der Waals surface area (Å²) in [5.41, 5.74) is 0. The van der Waals surface area contributed by atoms with Gasteiger partial charge in [0.15, 0.2) is 0 Å². The number of rotatable bonds is 4. The van der Waals surface area contributed by atoms with Gasteiger partial charge in [0.1, 0.15) is 0 Å². The van der Waals surface area contributed by atoms with E-state index in [4.69, 9.17) is 0 Å². The zero-order valence-corrected chi connectivity index (χ0v) is 10.1. The van der Waals surface area contributed by atoms with Gasteiger partial charge in [-0.05, 0) is 26.2 Å². The Morgan fingerprint density at radius 2 is 1.79 bits per heavy atom. The highest BCUT2D eigenvalue weighted by Gasteiger charge is 2.02. The van der Waals surface area contributed by atoms with Crippen LogP contribution in [0.1, 0.15) is 0 Å². The Kier molecular flexibility index (Phi) is 6.79. The average molecular weight is 234 g/mol. The summed E-state index contributed by atoms with van der Waals surface area (Å²) in [7, 11) is 3.13. The molecule has 0 aliphatic carbocycles. The van der Waals surface area contributed by atoms with Gasteiger partial charge in [0.25, 0.3) is 0 Å². The van der Waals surface area contributed by atoms with Crippen LogP contribution in [-0.4, -0.2) is 35.5 Å². The number of halogens is 1. The van der Waals surface area contributed by atoms with Gasteiger partial charge in [0, 0.05) is 17.2 Å². The van der Waals surface area contributed by atoms with E-state index in [-0.39, 0.29) is 12.4 Å². The highest BCUT2D eigenvalue weighted by Crippen LogP contribution is 2.04. The fourth-order valence-electron chi connectivity index (χ4n) is 0.956. The maximum Gasteiger partial charge on any atom is 0.0542 e. The first-order valence-electron chi connectivity index (χ1n) is 4.28. The van der Waals surface area contributed by atoms with Crippen LogP contribution in [0.25, 0.3) is 0 Å². The van der Waals surface area contributed by atoms with Crippen molar-refractivity contribution in [2.24, 2.45) is 0 Å². The SMILES string of the molecule is CN(C)CCS(=O)c1ccccc1.Cl. The zero-order chi connectivity index (χ0) is 9.68. The van der Waals surface area contributed by atoms with Gasteiger partial charge in [-0.2, -0.15) is 0 Å². The Morgan fingerprint density at radius 3 is 2.29 bits per heavy atom. The summed E-state index contributed by atoms with van der Waals surface area (Å²) in [5, 5.41) is 0. The molecular weight excluding hydrogens is 218 g/mol. The maximum absolute atomic E-state index is 11.6. The molecule has 1 aromatic carbocycles. The van der Waals surface area contributed by atoms with Crippen molar-refractivity contribution < 1.29 is 4.21 Å². The summed E-state index contributed by atoms with van der Waals surface area (Å²) in [6.07, 6.45) is 0. The fraction of sp³-hybridized carbons (Fsp3) is 0.400. The molecule has 1 aromatic rings. The topological polar surface area (TPSA) is 20.3 Å². The summed E-state index contributed by atoms with van der Waals surface area (Å²) < 4.78 is 11.6. The molecule has 0 radical (unpaired) electrons. The standard InChI is InChI=1S/C10H15NOS.ClH/c1-11(2)8-9-13(12)10-6-4-3-5-7-10;/h3-7H,8-9H2,1-2H3;1H. The highest BCUT2D eigenvalue weighted by atomic mass is 35.5. The Morgan fingerprint density at radius 1 is 1.21 bits per heavy atom. The molecule has 0 saturated carbocycles. The fourth-order valence-corrected chi connectivity index (χ4v) is 2.18. The van der Waals surface area contributed by atoms with E-state index in [2.05, 4.69) is 0 Å². The lowest BCUT2D eigenvalue weighted by atomic mass is 10.4. The van der Waals surface area contributed by atoms with Gasteiger partial charge in [-0.25, -0.2) is 0 Å². The van der Waals surface area contributed by atoms with Crippen molar-refractivity contribution in [1.82, 2.24) is 4.90 Å². The third-order valence-corrected chi connectivity index (χ3v) is 3.08. The van der Waals surface area contributed by atoms with Gasteiger partial charge in [-0.1, -0.05) is 18.2 Å². The molecule has 0 heterocycles. The molecule has 0 fully saturated rings. The molecular formula is C10H16ClNOS. The molecule has 0 bridgehead atoms. The van der Waals surface area contributed by atoms with E-state index in [0.717, 1.165) is 11.4 Å². The van der Waals surface area contributed by atoms with Gasteiger partial charge in [-0.15, -0.1) is 12.4 Å². The smallest absolute Gasteiger partial charge is 0.0542 e. The highest BCUT2D eigenvalue weighted by molar-refractivity contribution is 7.85. The molecule has 1 atom stereocenters. The first-order valence-corrected chi connectivity index (χ1v) is 5.60. The third kappa shape index (κ3) is 4.74. The largest absolute Gasteiger partial charge is 0.308 e. The second-order valence-corrected chi connectivity index (χ2v) is 4.74. The van der Waals surface area contributed by atoms with E-state index in [1.165, 1.54) is 0 Å². The minimum atomic E-state index is -0.846. The lowest BCUT2D eigenvalue weighted by molar-refractivity contribution is 0.435. The number of benzene rings is 1. The molecule has 0 aromatic heterocycles. The Balaban J connectivity index is 0.00000169. The normalized spacial score (nSPS) is 12.2. The quantitative estimate of drug-likeness (QED) is 0.790. The second-order valence-electron chi connectivity index (χ2n) is 3.17. The van der Waals surface area contributed by atoms with Gasteiger partial charge in [-0.3, -0.25) is 4.21 Å². The number of nitrogens with zero attached hydrogens (tertiary/aromatic N) is 1. The van der Waals surface area contributed by atoms with Crippen LogP contribution in [0.5, 0.6) is 0 Å². The molecule has 0 N–H and O–H groups in total.